The van der Waals surface area contributed by atoms with Crippen molar-refractivity contribution in [3.63, 3.8) is 0 Å². The van der Waals surface area contributed by atoms with Gasteiger partial charge in [0.15, 0.2) is 0 Å². The molecule has 1 aliphatic heterocycles. The van der Waals surface area contributed by atoms with Crippen LogP contribution >= 0.6 is 0 Å². The molecule has 0 spiro atoms. The van der Waals surface area contributed by atoms with Crippen LogP contribution in [0.2, 0.25) is 0 Å². The average molecular weight is 810 g/mol. The summed E-state index contributed by atoms with van der Waals surface area (Å²) in [6, 6.07) is 78.3. The van der Waals surface area contributed by atoms with E-state index in [2.05, 4.69) is 245 Å². The van der Waals surface area contributed by atoms with Crippen molar-refractivity contribution in [2.75, 3.05) is 4.90 Å². The van der Waals surface area contributed by atoms with Crippen molar-refractivity contribution in [1.29, 1.82) is 0 Å². The molecule has 9 aromatic carbocycles. The Bertz CT molecular complexity index is 3200. The van der Waals surface area contributed by atoms with Gasteiger partial charge in [0.2, 0.25) is 0 Å². The Morgan fingerprint density at radius 3 is 1.32 bits per heavy atom. The second-order valence-corrected chi connectivity index (χ2v) is 18.5. The molecule has 63 heavy (non-hydrogen) atoms. The van der Waals surface area contributed by atoms with Crippen molar-refractivity contribution in [2.24, 2.45) is 0 Å². The highest BCUT2D eigenvalue weighted by Gasteiger charge is 2.47. The number of anilines is 3. The molecule has 2 nitrogen and oxygen atoms in total. The maximum absolute atomic E-state index is 6.75. The van der Waals surface area contributed by atoms with Gasteiger partial charge in [0, 0.05) is 39.0 Å². The predicted molar refractivity (Wildman–Crippen MR) is 260 cm³/mol. The van der Waals surface area contributed by atoms with Gasteiger partial charge in [0.05, 0.1) is 5.41 Å². The van der Waals surface area contributed by atoms with Crippen LogP contribution in [0.15, 0.2) is 212 Å². The lowest BCUT2D eigenvalue weighted by atomic mass is 9.63. The standard InChI is InChI=1S/C61H47NO/c1-59(2)51-20-10-8-18-47(51)49-36-30-43(38-55(49)59)61(53-22-12-14-24-57(53)63-58-25-15-13-23-54(58)61)42-28-33-45(34-29-42)62(44-31-26-41(27-32-44)40-16-6-5-7-17-40)46-35-37-50-48-19-9-11-21-52(48)60(3,4)56(50)39-46/h5-39H,1-4H3. The van der Waals surface area contributed by atoms with Gasteiger partial charge in [0.1, 0.15) is 11.5 Å². The second kappa shape index (κ2) is 13.8. The van der Waals surface area contributed by atoms with Crippen LogP contribution in [-0.4, -0.2) is 0 Å². The van der Waals surface area contributed by atoms with E-state index >= 15 is 0 Å². The highest BCUT2D eigenvalue weighted by atomic mass is 16.5. The molecule has 0 fully saturated rings. The molecular formula is C61H47NO. The minimum atomic E-state index is -0.657. The Balaban J connectivity index is 1.05. The van der Waals surface area contributed by atoms with Crippen molar-refractivity contribution in [3.8, 4) is 44.9 Å². The van der Waals surface area contributed by atoms with Crippen molar-refractivity contribution in [2.45, 2.75) is 43.9 Å². The Hall–Kier alpha value is -7.42. The fourth-order valence-electron chi connectivity index (χ4n) is 11.3. The van der Waals surface area contributed by atoms with E-state index in [1.807, 2.05) is 0 Å². The maximum Gasteiger partial charge on any atom is 0.132 e. The van der Waals surface area contributed by atoms with Gasteiger partial charge in [-0.15, -0.1) is 0 Å². The van der Waals surface area contributed by atoms with Crippen molar-refractivity contribution in [1.82, 2.24) is 0 Å². The minimum absolute atomic E-state index is 0.128. The topological polar surface area (TPSA) is 12.5 Å². The van der Waals surface area contributed by atoms with Gasteiger partial charge >= 0.3 is 0 Å². The number of nitrogens with zero attached hydrogens (tertiary/aromatic N) is 1. The number of hydrogen-bond acceptors (Lipinski definition) is 2. The molecule has 0 unspecified atom stereocenters. The first-order chi connectivity index (χ1) is 30.7. The number of benzene rings is 9. The summed E-state index contributed by atoms with van der Waals surface area (Å²) in [4.78, 5) is 2.42. The number of fused-ring (bicyclic) bond motifs is 8. The minimum Gasteiger partial charge on any atom is -0.457 e. The van der Waals surface area contributed by atoms with E-state index < -0.39 is 5.41 Å². The molecule has 0 atom stereocenters. The number of ether oxygens (including phenoxy) is 1. The molecule has 0 aromatic heterocycles. The van der Waals surface area contributed by atoms with Crippen LogP contribution < -0.4 is 9.64 Å². The summed E-state index contributed by atoms with van der Waals surface area (Å²) in [7, 11) is 0. The van der Waals surface area contributed by atoms with Gasteiger partial charge in [0.25, 0.3) is 0 Å². The number of para-hydroxylation sites is 2. The van der Waals surface area contributed by atoms with Crippen molar-refractivity contribution < 1.29 is 4.74 Å². The van der Waals surface area contributed by atoms with E-state index in [1.54, 1.807) is 0 Å². The molecule has 302 valence electrons. The average Bonchev–Trinajstić information content (AvgIpc) is 3.70. The highest BCUT2D eigenvalue weighted by molar-refractivity contribution is 5.87. The van der Waals surface area contributed by atoms with Crippen LogP contribution in [0.1, 0.15) is 72.2 Å². The zero-order valence-corrected chi connectivity index (χ0v) is 36.1. The Labute approximate surface area is 370 Å². The zero-order valence-electron chi connectivity index (χ0n) is 36.1. The quantitative estimate of drug-likeness (QED) is 0.166. The van der Waals surface area contributed by atoms with E-state index in [9.17, 15) is 0 Å². The lowest BCUT2D eigenvalue weighted by Gasteiger charge is -2.42. The third kappa shape index (κ3) is 5.44. The van der Waals surface area contributed by atoms with Crippen LogP contribution in [-0.2, 0) is 16.2 Å². The van der Waals surface area contributed by atoms with Gasteiger partial charge in [-0.2, -0.15) is 0 Å². The highest BCUT2D eigenvalue weighted by Crippen LogP contribution is 2.58. The van der Waals surface area contributed by atoms with Gasteiger partial charge in [-0.25, -0.2) is 0 Å². The lowest BCUT2D eigenvalue weighted by Crippen LogP contribution is -2.34. The van der Waals surface area contributed by atoms with E-state index in [4.69, 9.17) is 4.74 Å². The molecule has 3 aliphatic rings. The van der Waals surface area contributed by atoms with Crippen molar-refractivity contribution >= 4 is 17.1 Å². The molecule has 0 saturated carbocycles. The summed E-state index contributed by atoms with van der Waals surface area (Å²) >= 11 is 0. The first-order valence-corrected chi connectivity index (χ1v) is 22.2. The molecule has 1 heterocycles. The van der Waals surface area contributed by atoms with E-state index in [1.165, 1.54) is 66.8 Å². The Kier molecular flexibility index (Phi) is 8.18. The van der Waals surface area contributed by atoms with Gasteiger partial charge < -0.3 is 9.64 Å². The fraction of sp³-hybridized carbons (Fsp3) is 0.115. The largest absolute Gasteiger partial charge is 0.457 e. The van der Waals surface area contributed by atoms with Crippen LogP contribution in [0, 0.1) is 0 Å². The molecule has 12 rings (SSSR count). The molecule has 2 heteroatoms. The maximum atomic E-state index is 6.75. The van der Waals surface area contributed by atoms with Crippen LogP contribution in [0.25, 0.3) is 33.4 Å². The third-order valence-electron chi connectivity index (χ3n) is 14.4. The number of hydrogen-bond donors (Lipinski definition) is 0. The second-order valence-electron chi connectivity index (χ2n) is 18.5. The van der Waals surface area contributed by atoms with Crippen LogP contribution in [0.3, 0.4) is 0 Å². The zero-order chi connectivity index (χ0) is 42.5. The summed E-state index contributed by atoms with van der Waals surface area (Å²) in [5.41, 5.74) is 20.2. The van der Waals surface area contributed by atoms with E-state index in [0.717, 1.165) is 39.7 Å². The van der Waals surface area contributed by atoms with Gasteiger partial charge in [-0.1, -0.05) is 191 Å². The molecule has 0 radical (unpaired) electrons. The molecule has 0 amide bonds. The first kappa shape index (κ1) is 37.4. The van der Waals surface area contributed by atoms with E-state index in [0.29, 0.717) is 0 Å². The molecular weight excluding hydrogens is 763 g/mol. The third-order valence-corrected chi connectivity index (χ3v) is 14.4. The lowest BCUT2D eigenvalue weighted by molar-refractivity contribution is 0.434. The van der Waals surface area contributed by atoms with Crippen molar-refractivity contribution in [3.05, 3.63) is 257 Å². The summed E-state index contributed by atoms with van der Waals surface area (Å²) in [5, 5.41) is 0. The summed E-state index contributed by atoms with van der Waals surface area (Å²) in [5.74, 6) is 1.76. The molecule has 9 aromatic rings. The first-order valence-electron chi connectivity index (χ1n) is 22.2. The smallest absolute Gasteiger partial charge is 0.132 e. The molecule has 0 saturated heterocycles. The number of rotatable bonds is 6. The normalized spacial score (nSPS) is 15.2. The summed E-state index contributed by atoms with van der Waals surface area (Å²) < 4.78 is 6.75. The Morgan fingerprint density at radius 1 is 0.317 bits per heavy atom. The van der Waals surface area contributed by atoms with Gasteiger partial charge in [-0.3, -0.25) is 0 Å². The SMILES string of the molecule is CC1(C)c2ccccc2-c2ccc(N(c3ccc(-c4ccccc4)cc3)c3ccc(C4(c5ccc6c(c5)C(C)(C)c5ccccc5-6)c5ccccc5Oc5ccccc54)cc3)cc21. The predicted octanol–water partition coefficient (Wildman–Crippen LogP) is 15.9. The van der Waals surface area contributed by atoms with Crippen LogP contribution in [0.5, 0.6) is 11.5 Å². The molecule has 0 bridgehead atoms. The Morgan fingerprint density at radius 2 is 0.730 bits per heavy atom. The molecule has 0 N–H and O–H groups in total. The monoisotopic (exact) mass is 809 g/mol. The van der Waals surface area contributed by atoms with E-state index in [-0.39, 0.29) is 10.8 Å². The summed E-state index contributed by atoms with van der Waals surface area (Å²) in [6.45, 7) is 9.46. The fourth-order valence-corrected chi connectivity index (χ4v) is 11.3. The molecule has 2 aliphatic carbocycles. The summed E-state index contributed by atoms with van der Waals surface area (Å²) in [6.07, 6.45) is 0. The van der Waals surface area contributed by atoms with Gasteiger partial charge in [-0.05, 0) is 115 Å². The van der Waals surface area contributed by atoms with Crippen LogP contribution in [0.4, 0.5) is 17.1 Å².